The summed E-state index contributed by atoms with van der Waals surface area (Å²) in [5.41, 5.74) is 3.78. The van der Waals surface area contributed by atoms with E-state index < -0.39 is 6.10 Å². The number of carbonyl (C=O) groups excluding carboxylic acids is 2. The van der Waals surface area contributed by atoms with Gasteiger partial charge in [0.05, 0.1) is 19.3 Å². The smallest absolute Gasteiger partial charge is 0.338 e. The van der Waals surface area contributed by atoms with Gasteiger partial charge in [0, 0.05) is 30.2 Å². The Morgan fingerprint density at radius 3 is 2.50 bits per heavy atom. The van der Waals surface area contributed by atoms with Crippen LogP contribution >= 0.6 is 0 Å². The minimum absolute atomic E-state index is 0.0101. The van der Waals surface area contributed by atoms with Crippen molar-refractivity contribution in [1.29, 1.82) is 0 Å². The van der Waals surface area contributed by atoms with E-state index in [0.29, 0.717) is 31.2 Å². The predicted octanol–water partition coefficient (Wildman–Crippen LogP) is 4.56. The Balaban J connectivity index is 1.45. The normalized spacial score (nSPS) is 23.1. The summed E-state index contributed by atoms with van der Waals surface area (Å²) in [6.45, 7) is 6.31. The Morgan fingerprint density at radius 2 is 1.85 bits per heavy atom. The van der Waals surface area contributed by atoms with Gasteiger partial charge in [-0.05, 0) is 41.5 Å². The number of ether oxygens (including phenoxy) is 3. The number of hydrogen-bond acceptors (Lipinski definition) is 6. The van der Waals surface area contributed by atoms with Gasteiger partial charge in [-0.2, -0.15) is 0 Å². The molecule has 6 heteroatoms. The van der Waals surface area contributed by atoms with Gasteiger partial charge in [0.25, 0.3) is 0 Å². The Hall–Kier alpha value is -2.86. The first-order valence-corrected chi connectivity index (χ1v) is 12.0. The van der Waals surface area contributed by atoms with Gasteiger partial charge >= 0.3 is 11.9 Å². The van der Waals surface area contributed by atoms with Crippen molar-refractivity contribution in [2.45, 2.75) is 70.0 Å². The minimum atomic E-state index is -0.411. The Labute approximate surface area is 201 Å². The average Bonchev–Trinajstić information content (AvgIpc) is 3.34. The van der Waals surface area contributed by atoms with E-state index in [1.165, 1.54) is 7.11 Å². The minimum Gasteiger partial charge on any atom is -0.489 e. The summed E-state index contributed by atoms with van der Waals surface area (Å²) >= 11 is 0. The van der Waals surface area contributed by atoms with Gasteiger partial charge in [-0.3, -0.25) is 4.79 Å². The highest BCUT2D eigenvalue weighted by molar-refractivity contribution is 5.89. The number of fused-ring (bicyclic) bond motifs is 3. The van der Waals surface area contributed by atoms with E-state index in [1.807, 2.05) is 30.3 Å². The van der Waals surface area contributed by atoms with E-state index >= 15 is 0 Å². The molecule has 2 aromatic rings. The molecule has 2 unspecified atom stereocenters. The summed E-state index contributed by atoms with van der Waals surface area (Å²) < 4.78 is 16.9. The Morgan fingerprint density at radius 1 is 1.12 bits per heavy atom. The number of benzene rings is 2. The first kappa shape index (κ1) is 24.3. The van der Waals surface area contributed by atoms with Crippen LogP contribution in [0.3, 0.4) is 0 Å². The molecule has 4 rings (SSSR count). The molecular weight excluding hydrogens is 432 g/mol. The van der Waals surface area contributed by atoms with Gasteiger partial charge in [-0.1, -0.05) is 51.1 Å². The fraction of sp³-hybridized carbons (Fsp3) is 0.500. The Bertz CT molecular complexity index is 1040. The molecule has 0 saturated heterocycles. The standard InChI is InChI=1S/C28H34O6/c1-28(2,3)19-13-11-18(12-14-19)27(31)34-22-15-23-25(21(22)16-29)20-9-5-7-17(26(20)33-23)8-6-10-24(30)32-4/h5,7,9,11-14,21-23,25,29H,6,8,10,15-16H2,1-4H3/t21?,22?,23-,25+/m1/s1. The zero-order chi connectivity index (χ0) is 24.5. The molecule has 1 saturated carbocycles. The molecule has 0 spiro atoms. The number of rotatable bonds is 7. The van der Waals surface area contributed by atoms with Crippen molar-refractivity contribution < 1.29 is 28.9 Å². The molecule has 0 radical (unpaired) electrons. The van der Waals surface area contributed by atoms with Gasteiger partial charge in [-0.15, -0.1) is 0 Å². The van der Waals surface area contributed by atoms with Gasteiger partial charge in [0.1, 0.15) is 18.0 Å². The maximum atomic E-state index is 12.9. The molecule has 1 heterocycles. The number of para-hydroxylation sites is 1. The van der Waals surface area contributed by atoms with Crippen molar-refractivity contribution in [3.05, 3.63) is 64.7 Å². The van der Waals surface area contributed by atoms with Gasteiger partial charge in [0.2, 0.25) is 0 Å². The maximum Gasteiger partial charge on any atom is 0.338 e. The summed E-state index contributed by atoms with van der Waals surface area (Å²) in [7, 11) is 1.39. The van der Waals surface area contributed by atoms with E-state index in [4.69, 9.17) is 14.2 Å². The molecule has 1 fully saturated rings. The SMILES string of the molecule is COC(=O)CCCc1cccc2c1O[C@@H]1CC(OC(=O)c3ccc(C(C)(C)C)cc3)C(CO)[C@H]21. The number of esters is 2. The van der Waals surface area contributed by atoms with Crippen LogP contribution in [0.2, 0.25) is 0 Å². The second kappa shape index (κ2) is 9.79. The summed E-state index contributed by atoms with van der Waals surface area (Å²) in [4.78, 5) is 24.3. The zero-order valence-corrected chi connectivity index (χ0v) is 20.4. The van der Waals surface area contributed by atoms with Crippen LogP contribution in [-0.4, -0.2) is 43.0 Å². The number of aliphatic hydroxyl groups excluding tert-OH is 1. The van der Waals surface area contributed by atoms with Crippen molar-refractivity contribution in [2.75, 3.05) is 13.7 Å². The van der Waals surface area contributed by atoms with E-state index in [9.17, 15) is 14.7 Å². The lowest BCUT2D eigenvalue weighted by Crippen LogP contribution is -2.27. The molecule has 1 N–H and O–H groups in total. The molecule has 1 aliphatic heterocycles. The number of hydrogen-bond donors (Lipinski definition) is 1. The average molecular weight is 467 g/mol. The highest BCUT2D eigenvalue weighted by Gasteiger charge is 2.51. The molecular formula is C28H34O6. The number of aliphatic hydroxyl groups is 1. The first-order valence-electron chi connectivity index (χ1n) is 12.0. The van der Waals surface area contributed by atoms with Crippen LogP contribution in [-0.2, 0) is 26.1 Å². The third kappa shape index (κ3) is 4.83. The van der Waals surface area contributed by atoms with Crippen LogP contribution < -0.4 is 4.74 Å². The van der Waals surface area contributed by atoms with E-state index in [1.54, 1.807) is 12.1 Å². The van der Waals surface area contributed by atoms with Crippen LogP contribution in [0.15, 0.2) is 42.5 Å². The van der Waals surface area contributed by atoms with Crippen molar-refractivity contribution in [1.82, 2.24) is 0 Å². The molecule has 0 aromatic heterocycles. The second-order valence-electron chi connectivity index (χ2n) is 10.3. The monoisotopic (exact) mass is 466 g/mol. The van der Waals surface area contributed by atoms with Crippen molar-refractivity contribution >= 4 is 11.9 Å². The van der Waals surface area contributed by atoms with Crippen molar-refractivity contribution in [3.8, 4) is 5.75 Å². The molecule has 6 nitrogen and oxygen atoms in total. The zero-order valence-electron chi connectivity index (χ0n) is 20.4. The summed E-state index contributed by atoms with van der Waals surface area (Å²) in [5.74, 6) is 0.00318. The highest BCUT2D eigenvalue weighted by atomic mass is 16.6. The molecule has 34 heavy (non-hydrogen) atoms. The van der Waals surface area contributed by atoms with Crippen LogP contribution in [0.25, 0.3) is 0 Å². The van der Waals surface area contributed by atoms with Crippen LogP contribution in [0.4, 0.5) is 0 Å². The topological polar surface area (TPSA) is 82.1 Å². The molecule has 2 aromatic carbocycles. The van der Waals surface area contributed by atoms with Crippen LogP contribution in [0.1, 0.15) is 73.0 Å². The van der Waals surface area contributed by atoms with Gasteiger partial charge in [-0.25, -0.2) is 4.79 Å². The molecule has 4 atom stereocenters. The van der Waals surface area contributed by atoms with Crippen LogP contribution in [0.5, 0.6) is 5.75 Å². The van der Waals surface area contributed by atoms with Crippen molar-refractivity contribution in [3.63, 3.8) is 0 Å². The van der Waals surface area contributed by atoms with Gasteiger partial charge < -0.3 is 19.3 Å². The summed E-state index contributed by atoms with van der Waals surface area (Å²) in [5, 5.41) is 10.2. The molecule has 2 aliphatic rings. The third-order valence-corrected chi connectivity index (χ3v) is 7.07. The lowest BCUT2D eigenvalue weighted by Gasteiger charge is -2.23. The van der Waals surface area contributed by atoms with Crippen LogP contribution in [0, 0.1) is 5.92 Å². The number of carbonyl (C=O) groups is 2. The quantitative estimate of drug-likeness (QED) is 0.603. The highest BCUT2D eigenvalue weighted by Crippen LogP contribution is 2.52. The molecule has 0 bridgehead atoms. The number of aryl methyl sites for hydroxylation is 1. The largest absolute Gasteiger partial charge is 0.489 e. The maximum absolute atomic E-state index is 12.9. The van der Waals surface area contributed by atoms with Crippen molar-refractivity contribution in [2.24, 2.45) is 5.92 Å². The molecule has 1 aliphatic carbocycles. The fourth-order valence-corrected chi connectivity index (χ4v) is 5.17. The second-order valence-corrected chi connectivity index (χ2v) is 10.3. The lowest BCUT2D eigenvalue weighted by atomic mass is 9.86. The van der Waals surface area contributed by atoms with E-state index in [0.717, 1.165) is 22.4 Å². The number of methoxy groups -OCH3 is 1. The third-order valence-electron chi connectivity index (χ3n) is 7.07. The van der Waals surface area contributed by atoms with E-state index in [2.05, 4.69) is 20.8 Å². The van der Waals surface area contributed by atoms with E-state index in [-0.39, 0.29) is 41.9 Å². The molecule has 0 amide bonds. The summed E-state index contributed by atoms with van der Waals surface area (Å²) in [6.07, 6.45) is 1.74. The summed E-state index contributed by atoms with van der Waals surface area (Å²) in [6, 6.07) is 13.6. The molecule has 182 valence electrons. The predicted molar refractivity (Wildman–Crippen MR) is 128 cm³/mol. The van der Waals surface area contributed by atoms with Gasteiger partial charge in [0.15, 0.2) is 0 Å². The first-order chi connectivity index (χ1) is 16.2. The Kier molecular flexibility index (Phi) is 6.99. The lowest BCUT2D eigenvalue weighted by molar-refractivity contribution is -0.140. The fourth-order valence-electron chi connectivity index (χ4n) is 5.17.